The van der Waals surface area contributed by atoms with Crippen molar-refractivity contribution in [1.82, 2.24) is 0 Å². The van der Waals surface area contributed by atoms with Gasteiger partial charge in [-0.05, 0) is 0 Å². The van der Waals surface area contributed by atoms with Crippen molar-refractivity contribution >= 4 is 0 Å². The van der Waals surface area contributed by atoms with Gasteiger partial charge in [0.2, 0.25) is 5.91 Å². The zero-order valence-electron chi connectivity index (χ0n) is 7.38. The number of methoxy groups -OCH3 is 1. The Balaban J connectivity index is 2.68. The summed E-state index contributed by atoms with van der Waals surface area (Å²) >= 11 is 0. The third-order valence-electron chi connectivity index (χ3n) is 2.09. The molecule has 1 rings (SSSR count). The molecule has 1 saturated heterocycles. The standard InChI is InChI=1S/C7H15NO5/c1-12-4-2-7(8,11)13-5(3-9)6(4)10/h4-6,9-11H,2-3,8H2,1H3/t4-,5-,6+,7?/m1/s1. The Bertz CT molecular complexity index is 158. The van der Waals surface area contributed by atoms with Crippen LogP contribution in [0.3, 0.4) is 0 Å². The number of aliphatic hydroxyl groups is 3. The fraction of sp³-hybridized carbons (Fsp3) is 1.00. The Morgan fingerprint density at radius 1 is 1.69 bits per heavy atom. The maximum Gasteiger partial charge on any atom is 0.225 e. The molecule has 6 nitrogen and oxygen atoms in total. The van der Waals surface area contributed by atoms with Crippen LogP contribution in [0, 0.1) is 0 Å². The quantitative estimate of drug-likeness (QED) is 0.369. The smallest absolute Gasteiger partial charge is 0.225 e. The van der Waals surface area contributed by atoms with Crippen LogP contribution >= 0.6 is 0 Å². The van der Waals surface area contributed by atoms with Crippen LogP contribution in [0.2, 0.25) is 0 Å². The largest absolute Gasteiger partial charge is 0.394 e. The van der Waals surface area contributed by atoms with Crippen LogP contribution < -0.4 is 5.73 Å². The van der Waals surface area contributed by atoms with Crippen molar-refractivity contribution in [3.8, 4) is 0 Å². The Hall–Kier alpha value is -0.240. The number of hydrogen-bond donors (Lipinski definition) is 4. The molecule has 78 valence electrons. The van der Waals surface area contributed by atoms with Crippen molar-refractivity contribution < 1.29 is 24.8 Å². The van der Waals surface area contributed by atoms with Crippen molar-refractivity contribution in [1.29, 1.82) is 0 Å². The van der Waals surface area contributed by atoms with Crippen LogP contribution in [0.1, 0.15) is 6.42 Å². The van der Waals surface area contributed by atoms with Crippen LogP contribution in [-0.4, -0.2) is 53.3 Å². The molecule has 0 aromatic rings. The van der Waals surface area contributed by atoms with E-state index >= 15 is 0 Å². The molecule has 1 unspecified atom stereocenters. The first-order chi connectivity index (χ1) is 6.00. The summed E-state index contributed by atoms with van der Waals surface area (Å²) in [5, 5.41) is 27.6. The van der Waals surface area contributed by atoms with Gasteiger partial charge in [-0.2, -0.15) is 0 Å². The summed E-state index contributed by atoms with van der Waals surface area (Å²) in [5.74, 6) is -1.84. The van der Waals surface area contributed by atoms with Crippen LogP contribution in [0.5, 0.6) is 0 Å². The van der Waals surface area contributed by atoms with Gasteiger partial charge >= 0.3 is 0 Å². The zero-order valence-corrected chi connectivity index (χ0v) is 7.38. The molecule has 5 N–H and O–H groups in total. The minimum absolute atomic E-state index is 0.0266. The van der Waals surface area contributed by atoms with E-state index in [4.69, 9.17) is 20.3 Å². The molecule has 0 spiro atoms. The molecular formula is C7H15NO5. The summed E-state index contributed by atoms with van der Waals surface area (Å²) < 4.78 is 9.71. The lowest BCUT2D eigenvalue weighted by Crippen LogP contribution is -2.60. The topological polar surface area (TPSA) is 105 Å². The highest BCUT2D eigenvalue weighted by atomic mass is 16.7. The third kappa shape index (κ3) is 2.37. The molecule has 0 bridgehead atoms. The van der Waals surface area contributed by atoms with Gasteiger partial charge in [-0.1, -0.05) is 0 Å². The first kappa shape index (κ1) is 10.8. The molecule has 0 radical (unpaired) electrons. The van der Waals surface area contributed by atoms with Crippen molar-refractivity contribution in [2.75, 3.05) is 13.7 Å². The van der Waals surface area contributed by atoms with E-state index in [9.17, 15) is 10.2 Å². The molecule has 6 heteroatoms. The van der Waals surface area contributed by atoms with Gasteiger partial charge in [0.25, 0.3) is 0 Å². The van der Waals surface area contributed by atoms with E-state index in [-0.39, 0.29) is 6.42 Å². The van der Waals surface area contributed by atoms with Crippen molar-refractivity contribution in [2.24, 2.45) is 5.73 Å². The van der Waals surface area contributed by atoms with Crippen molar-refractivity contribution in [2.45, 2.75) is 30.6 Å². The molecule has 0 aromatic heterocycles. The highest BCUT2D eigenvalue weighted by molar-refractivity contribution is 4.86. The van der Waals surface area contributed by atoms with Gasteiger partial charge in [-0.25, -0.2) is 0 Å². The van der Waals surface area contributed by atoms with Gasteiger partial charge in [0.1, 0.15) is 12.2 Å². The fourth-order valence-electron chi connectivity index (χ4n) is 1.40. The zero-order chi connectivity index (χ0) is 10.1. The average molecular weight is 193 g/mol. The Labute approximate surface area is 75.9 Å². The number of hydrogen-bond acceptors (Lipinski definition) is 6. The van der Waals surface area contributed by atoms with Crippen LogP contribution in [0.25, 0.3) is 0 Å². The lowest BCUT2D eigenvalue weighted by atomic mass is 10.00. The molecule has 0 aromatic carbocycles. The molecule has 0 aliphatic carbocycles. The van der Waals surface area contributed by atoms with Gasteiger partial charge in [0, 0.05) is 13.5 Å². The molecule has 4 atom stereocenters. The summed E-state index contributed by atoms with van der Waals surface area (Å²) in [7, 11) is 1.39. The monoisotopic (exact) mass is 193 g/mol. The Morgan fingerprint density at radius 3 is 2.77 bits per heavy atom. The van der Waals surface area contributed by atoms with Gasteiger partial charge in [-0.3, -0.25) is 5.73 Å². The summed E-state index contributed by atoms with van der Waals surface area (Å²) in [6.07, 6.45) is -2.53. The number of ether oxygens (including phenoxy) is 2. The number of rotatable bonds is 2. The minimum Gasteiger partial charge on any atom is -0.394 e. The number of nitrogens with two attached hydrogens (primary N) is 1. The maximum atomic E-state index is 9.48. The summed E-state index contributed by atoms with van der Waals surface area (Å²) in [5.41, 5.74) is 5.30. The molecule has 13 heavy (non-hydrogen) atoms. The maximum absolute atomic E-state index is 9.48. The first-order valence-electron chi connectivity index (χ1n) is 4.01. The number of aliphatic hydroxyl groups excluding tert-OH is 2. The summed E-state index contributed by atoms with van der Waals surface area (Å²) in [6.45, 7) is -0.416. The summed E-state index contributed by atoms with van der Waals surface area (Å²) in [4.78, 5) is 0. The second kappa shape index (κ2) is 3.87. The van der Waals surface area contributed by atoms with Gasteiger partial charge in [0.05, 0.1) is 12.7 Å². The second-order valence-electron chi connectivity index (χ2n) is 3.15. The SMILES string of the molecule is CO[C@@H]1CC(N)(O)O[C@H](CO)[C@H]1O. The van der Waals surface area contributed by atoms with Crippen LogP contribution in [-0.2, 0) is 9.47 Å². The van der Waals surface area contributed by atoms with Gasteiger partial charge in [0.15, 0.2) is 0 Å². The Kier molecular flexibility index (Phi) is 3.23. The molecule has 0 amide bonds. The van der Waals surface area contributed by atoms with E-state index < -0.39 is 30.8 Å². The van der Waals surface area contributed by atoms with Crippen LogP contribution in [0.4, 0.5) is 0 Å². The molecule has 1 aliphatic heterocycles. The lowest BCUT2D eigenvalue weighted by molar-refractivity contribution is -0.305. The second-order valence-corrected chi connectivity index (χ2v) is 3.15. The molecule has 1 fully saturated rings. The van der Waals surface area contributed by atoms with E-state index in [0.29, 0.717) is 0 Å². The third-order valence-corrected chi connectivity index (χ3v) is 2.09. The van der Waals surface area contributed by atoms with E-state index in [0.717, 1.165) is 0 Å². The van der Waals surface area contributed by atoms with E-state index in [1.165, 1.54) is 7.11 Å². The average Bonchev–Trinajstić information content (AvgIpc) is 2.08. The fourth-order valence-corrected chi connectivity index (χ4v) is 1.40. The van der Waals surface area contributed by atoms with E-state index in [1.54, 1.807) is 0 Å². The Morgan fingerprint density at radius 2 is 2.31 bits per heavy atom. The van der Waals surface area contributed by atoms with Crippen molar-refractivity contribution in [3.05, 3.63) is 0 Å². The summed E-state index contributed by atoms with van der Waals surface area (Å²) in [6, 6.07) is 0. The first-order valence-corrected chi connectivity index (χ1v) is 4.01. The lowest BCUT2D eigenvalue weighted by Gasteiger charge is -2.40. The molecule has 1 aliphatic rings. The van der Waals surface area contributed by atoms with E-state index in [2.05, 4.69) is 0 Å². The molecular weight excluding hydrogens is 178 g/mol. The van der Waals surface area contributed by atoms with E-state index in [1.807, 2.05) is 0 Å². The minimum atomic E-state index is -1.84. The molecule has 0 saturated carbocycles. The highest BCUT2D eigenvalue weighted by Gasteiger charge is 2.43. The molecule has 1 heterocycles. The van der Waals surface area contributed by atoms with Gasteiger partial charge in [-0.15, -0.1) is 0 Å². The predicted molar refractivity (Wildman–Crippen MR) is 42.5 cm³/mol. The van der Waals surface area contributed by atoms with Gasteiger partial charge < -0.3 is 24.8 Å². The highest BCUT2D eigenvalue weighted by Crippen LogP contribution is 2.25. The normalized spacial score (nSPS) is 46.4. The van der Waals surface area contributed by atoms with Crippen molar-refractivity contribution in [3.63, 3.8) is 0 Å². The predicted octanol–water partition coefficient (Wildman–Crippen LogP) is -2.25. The van der Waals surface area contributed by atoms with Crippen LogP contribution in [0.15, 0.2) is 0 Å².